The van der Waals surface area contributed by atoms with Gasteiger partial charge < -0.3 is 19.9 Å². The molecule has 4 nitrogen and oxygen atoms in total. The molecule has 0 saturated heterocycles. The first-order valence-electron chi connectivity index (χ1n) is 9.07. The van der Waals surface area contributed by atoms with E-state index >= 15 is 0 Å². The molecule has 3 aromatic rings. The zero-order valence-corrected chi connectivity index (χ0v) is 16.4. The summed E-state index contributed by atoms with van der Waals surface area (Å²) in [5, 5.41) is 5.01. The summed E-state index contributed by atoms with van der Waals surface area (Å²) in [6.07, 6.45) is 0. The molecule has 0 bridgehead atoms. The van der Waals surface area contributed by atoms with E-state index in [2.05, 4.69) is 73.5 Å². The molecule has 0 radical (unpaired) electrons. The summed E-state index contributed by atoms with van der Waals surface area (Å²) >= 11 is 0. The number of aromatic amines is 1. The quantitative estimate of drug-likeness (QED) is 0.671. The van der Waals surface area contributed by atoms with Gasteiger partial charge in [-0.2, -0.15) is 0 Å². The predicted molar refractivity (Wildman–Crippen MR) is 109 cm³/mol. The van der Waals surface area contributed by atoms with Crippen LogP contribution in [0.2, 0.25) is 0 Å². The number of rotatable bonds is 7. The average Bonchev–Trinajstić information content (AvgIpc) is 3.01. The Bertz CT molecular complexity index is 865. The summed E-state index contributed by atoms with van der Waals surface area (Å²) in [5.74, 6) is 0.888. The van der Waals surface area contributed by atoms with Crippen LogP contribution in [0, 0.1) is 13.8 Å². The third-order valence-corrected chi connectivity index (χ3v) is 4.75. The van der Waals surface area contributed by atoms with E-state index in [0.29, 0.717) is 0 Å². The van der Waals surface area contributed by atoms with E-state index in [4.69, 9.17) is 4.74 Å². The number of likely N-dealkylation sites (N-methyl/N-ethyl adjacent to an activating group) is 1. The van der Waals surface area contributed by atoms with Gasteiger partial charge in [0.05, 0.1) is 7.11 Å². The molecule has 0 spiro atoms. The number of aryl methyl sites for hydroxylation is 2. The molecular formula is C22H29N3O. The summed E-state index contributed by atoms with van der Waals surface area (Å²) in [7, 11) is 5.91. The van der Waals surface area contributed by atoms with Crippen molar-refractivity contribution in [2.75, 3.05) is 27.7 Å². The van der Waals surface area contributed by atoms with Crippen molar-refractivity contribution in [3.63, 3.8) is 0 Å². The van der Waals surface area contributed by atoms with E-state index in [-0.39, 0.29) is 6.04 Å². The number of hydrogen-bond donors (Lipinski definition) is 2. The molecule has 0 aliphatic heterocycles. The van der Waals surface area contributed by atoms with E-state index < -0.39 is 0 Å². The summed E-state index contributed by atoms with van der Waals surface area (Å²) in [4.78, 5) is 5.77. The Morgan fingerprint density at radius 2 is 1.81 bits per heavy atom. The van der Waals surface area contributed by atoms with Crippen LogP contribution in [-0.2, 0) is 6.54 Å². The number of benzene rings is 2. The molecule has 2 aromatic carbocycles. The minimum atomic E-state index is 0.255. The van der Waals surface area contributed by atoms with Gasteiger partial charge in [-0.3, -0.25) is 0 Å². The standard InChI is InChI=1S/C22H29N3O/c1-15-10-16(2)20-12-18(24-21(20)11-15)13-23-22(14-25(3)4)17-6-8-19(26-5)9-7-17/h6-12,22-24H,13-14H2,1-5H3. The molecule has 26 heavy (non-hydrogen) atoms. The van der Waals surface area contributed by atoms with Gasteiger partial charge in [0, 0.05) is 35.7 Å². The molecule has 1 aromatic heterocycles. The lowest BCUT2D eigenvalue weighted by Crippen LogP contribution is -2.31. The van der Waals surface area contributed by atoms with Crippen LogP contribution in [0.5, 0.6) is 5.75 Å². The Hall–Kier alpha value is -2.30. The molecule has 138 valence electrons. The van der Waals surface area contributed by atoms with Crippen LogP contribution in [0.25, 0.3) is 10.9 Å². The monoisotopic (exact) mass is 351 g/mol. The smallest absolute Gasteiger partial charge is 0.118 e. The van der Waals surface area contributed by atoms with E-state index in [1.165, 1.54) is 33.3 Å². The fraction of sp³-hybridized carbons (Fsp3) is 0.364. The summed E-state index contributed by atoms with van der Waals surface area (Å²) < 4.78 is 5.28. The Labute approximate surface area is 156 Å². The van der Waals surface area contributed by atoms with Gasteiger partial charge in [0.15, 0.2) is 0 Å². The van der Waals surface area contributed by atoms with Gasteiger partial charge in [-0.05, 0) is 68.9 Å². The van der Waals surface area contributed by atoms with Crippen molar-refractivity contribution in [3.8, 4) is 5.75 Å². The predicted octanol–water partition coefficient (Wildman–Crippen LogP) is 4.19. The maximum Gasteiger partial charge on any atom is 0.118 e. The number of aromatic nitrogens is 1. The summed E-state index contributed by atoms with van der Waals surface area (Å²) in [6.45, 7) is 6.05. The van der Waals surface area contributed by atoms with Crippen LogP contribution in [0.3, 0.4) is 0 Å². The Morgan fingerprint density at radius 1 is 1.08 bits per heavy atom. The van der Waals surface area contributed by atoms with E-state index in [1.54, 1.807) is 7.11 Å². The van der Waals surface area contributed by atoms with Crippen molar-refractivity contribution in [2.24, 2.45) is 0 Å². The minimum Gasteiger partial charge on any atom is -0.497 e. The van der Waals surface area contributed by atoms with Gasteiger partial charge in [0.1, 0.15) is 5.75 Å². The highest BCUT2D eigenvalue weighted by Gasteiger charge is 2.13. The van der Waals surface area contributed by atoms with Crippen molar-refractivity contribution < 1.29 is 4.74 Å². The zero-order valence-electron chi connectivity index (χ0n) is 16.4. The van der Waals surface area contributed by atoms with E-state index in [1.807, 2.05) is 12.1 Å². The number of nitrogens with one attached hydrogen (secondary N) is 2. The van der Waals surface area contributed by atoms with Gasteiger partial charge in [-0.15, -0.1) is 0 Å². The highest BCUT2D eigenvalue weighted by Crippen LogP contribution is 2.23. The molecule has 3 rings (SSSR count). The molecule has 2 N–H and O–H groups in total. The number of fused-ring (bicyclic) bond motifs is 1. The van der Waals surface area contributed by atoms with Crippen LogP contribution in [-0.4, -0.2) is 37.6 Å². The van der Waals surface area contributed by atoms with Gasteiger partial charge in [-0.25, -0.2) is 0 Å². The minimum absolute atomic E-state index is 0.255. The van der Waals surface area contributed by atoms with Crippen LogP contribution < -0.4 is 10.1 Å². The second-order valence-electron chi connectivity index (χ2n) is 7.31. The van der Waals surface area contributed by atoms with Crippen molar-refractivity contribution in [3.05, 3.63) is 64.8 Å². The Balaban J connectivity index is 1.77. The SMILES string of the molecule is COc1ccc(C(CN(C)C)NCc2cc3c(C)cc(C)cc3[nH]2)cc1. The first-order chi connectivity index (χ1) is 12.5. The molecule has 0 amide bonds. The highest BCUT2D eigenvalue weighted by molar-refractivity contribution is 5.84. The van der Waals surface area contributed by atoms with Crippen molar-refractivity contribution >= 4 is 10.9 Å². The van der Waals surface area contributed by atoms with Gasteiger partial charge in [0.25, 0.3) is 0 Å². The maximum absolute atomic E-state index is 5.28. The molecule has 1 unspecified atom stereocenters. The van der Waals surface area contributed by atoms with Crippen molar-refractivity contribution in [1.29, 1.82) is 0 Å². The summed E-state index contributed by atoms with van der Waals surface area (Å²) in [5.41, 5.74) is 6.31. The van der Waals surface area contributed by atoms with E-state index in [9.17, 15) is 0 Å². The molecule has 1 atom stereocenters. The third-order valence-electron chi connectivity index (χ3n) is 4.75. The van der Waals surface area contributed by atoms with Crippen molar-refractivity contribution in [2.45, 2.75) is 26.4 Å². The van der Waals surface area contributed by atoms with Crippen LogP contribution in [0.15, 0.2) is 42.5 Å². The average molecular weight is 351 g/mol. The number of hydrogen-bond acceptors (Lipinski definition) is 3. The molecular weight excluding hydrogens is 322 g/mol. The highest BCUT2D eigenvalue weighted by atomic mass is 16.5. The lowest BCUT2D eigenvalue weighted by molar-refractivity contribution is 0.339. The van der Waals surface area contributed by atoms with Gasteiger partial charge in [0.2, 0.25) is 0 Å². The molecule has 0 saturated carbocycles. The largest absolute Gasteiger partial charge is 0.497 e. The number of nitrogens with zero attached hydrogens (tertiary/aromatic N) is 1. The van der Waals surface area contributed by atoms with Gasteiger partial charge in [-0.1, -0.05) is 18.2 Å². The number of H-pyrrole nitrogens is 1. The fourth-order valence-corrected chi connectivity index (χ4v) is 3.47. The first-order valence-corrected chi connectivity index (χ1v) is 9.07. The first kappa shape index (κ1) is 18.5. The lowest BCUT2D eigenvalue weighted by Gasteiger charge is -2.23. The Morgan fingerprint density at radius 3 is 2.46 bits per heavy atom. The topological polar surface area (TPSA) is 40.3 Å². The zero-order chi connectivity index (χ0) is 18.7. The van der Waals surface area contributed by atoms with Crippen LogP contribution in [0.4, 0.5) is 0 Å². The third kappa shape index (κ3) is 4.26. The second kappa shape index (κ2) is 7.94. The molecule has 0 aliphatic rings. The Kier molecular flexibility index (Phi) is 5.64. The fourth-order valence-electron chi connectivity index (χ4n) is 3.47. The van der Waals surface area contributed by atoms with Gasteiger partial charge >= 0.3 is 0 Å². The number of ether oxygens (including phenoxy) is 1. The second-order valence-corrected chi connectivity index (χ2v) is 7.31. The normalized spacial score (nSPS) is 12.7. The van der Waals surface area contributed by atoms with Crippen molar-refractivity contribution in [1.82, 2.24) is 15.2 Å². The van der Waals surface area contributed by atoms with E-state index in [0.717, 1.165) is 18.8 Å². The van der Waals surface area contributed by atoms with Crippen LogP contribution in [0.1, 0.15) is 28.4 Å². The molecule has 0 fully saturated rings. The summed E-state index contributed by atoms with van der Waals surface area (Å²) in [6, 6.07) is 15.3. The van der Waals surface area contributed by atoms with Crippen LogP contribution >= 0.6 is 0 Å². The maximum atomic E-state index is 5.28. The molecule has 4 heteroatoms. The molecule has 1 heterocycles. The molecule has 0 aliphatic carbocycles. The lowest BCUT2D eigenvalue weighted by atomic mass is 10.1. The number of methoxy groups -OCH3 is 1.